The molecule has 3 heterocycles. The number of pyridine rings is 1. The molecule has 1 aromatic heterocycles. The van der Waals surface area contributed by atoms with Crippen molar-refractivity contribution < 1.29 is 19.0 Å². The maximum atomic E-state index is 12.4. The van der Waals surface area contributed by atoms with E-state index in [0.29, 0.717) is 29.6 Å². The van der Waals surface area contributed by atoms with Crippen molar-refractivity contribution in [2.75, 3.05) is 13.1 Å². The fourth-order valence-corrected chi connectivity index (χ4v) is 4.03. The predicted octanol–water partition coefficient (Wildman–Crippen LogP) is 5.49. The summed E-state index contributed by atoms with van der Waals surface area (Å²) in [5, 5.41) is 0.565. The Morgan fingerprint density at radius 3 is 2.57 bits per heavy atom. The zero-order valence-corrected chi connectivity index (χ0v) is 18.5. The van der Waals surface area contributed by atoms with Crippen LogP contribution < -0.4 is 9.47 Å². The molecule has 0 N–H and O–H groups in total. The Hall–Kier alpha value is -2.47. The van der Waals surface area contributed by atoms with Gasteiger partial charge in [-0.2, -0.15) is 0 Å². The highest BCUT2D eigenvalue weighted by molar-refractivity contribution is 6.30. The average Bonchev–Trinajstić information content (AvgIpc) is 3.04. The zero-order valence-electron chi connectivity index (χ0n) is 17.8. The first-order valence-electron chi connectivity index (χ1n) is 10.3. The molecule has 1 amide bonds. The summed E-state index contributed by atoms with van der Waals surface area (Å²) >= 11 is 5.97. The van der Waals surface area contributed by atoms with Gasteiger partial charge in [-0.3, -0.25) is 4.98 Å². The monoisotopic (exact) mass is 430 g/mol. The second-order valence-corrected chi connectivity index (χ2v) is 9.36. The number of fused-ring (bicyclic) bond motifs is 1. The number of nitrogens with zero attached hydrogens (tertiary/aromatic N) is 2. The molecular formula is C23H27ClN2O4. The lowest BCUT2D eigenvalue weighted by Crippen LogP contribution is -2.41. The molecule has 0 aliphatic carbocycles. The first kappa shape index (κ1) is 20.8. The number of hydrogen-bond donors (Lipinski definition) is 0. The molecule has 0 unspecified atom stereocenters. The molecule has 7 heteroatoms. The van der Waals surface area contributed by atoms with E-state index in [0.717, 1.165) is 24.2 Å². The van der Waals surface area contributed by atoms with Gasteiger partial charge in [0.2, 0.25) is 0 Å². The zero-order chi connectivity index (χ0) is 21.5. The van der Waals surface area contributed by atoms with Crippen LogP contribution in [0.4, 0.5) is 4.79 Å². The number of benzene rings is 1. The van der Waals surface area contributed by atoms with Crippen LogP contribution in [0.5, 0.6) is 11.5 Å². The normalized spacial score (nSPS) is 21.6. The van der Waals surface area contributed by atoms with Gasteiger partial charge in [0.15, 0.2) is 11.5 Å². The van der Waals surface area contributed by atoms with Crippen LogP contribution in [0.3, 0.4) is 0 Å². The van der Waals surface area contributed by atoms with Crippen LogP contribution in [0.2, 0.25) is 5.02 Å². The molecule has 1 aromatic carbocycles. The largest absolute Gasteiger partial charge is 0.444 e. The van der Waals surface area contributed by atoms with Crippen LogP contribution in [0, 0.1) is 0 Å². The van der Waals surface area contributed by atoms with E-state index < -0.39 is 11.4 Å². The standard InChI is InChI=1S/C23H27ClN2O4/c1-22(2,3)30-21(27)26-12-10-15(11-13-26)17-6-5-7-18-20(17)29-23(4,28-18)19-9-8-16(24)14-25-19/h5-9,14-15H,10-13H2,1-4H3/t23-/m0/s1. The third-order valence-corrected chi connectivity index (χ3v) is 5.61. The molecule has 0 radical (unpaired) electrons. The highest BCUT2D eigenvalue weighted by Crippen LogP contribution is 2.49. The summed E-state index contributed by atoms with van der Waals surface area (Å²) in [5.41, 5.74) is 1.28. The number of likely N-dealkylation sites (tertiary alicyclic amines) is 1. The van der Waals surface area contributed by atoms with Crippen molar-refractivity contribution in [3.05, 3.63) is 52.8 Å². The number of para-hydroxylation sites is 1. The second-order valence-electron chi connectivity index (χ2n) is 8.93. The van der Waals surface area contributed by atoms with Gasteiger partial charge in [-0.05, 0) is 57.7 Å². The van der Waals surface area contributed by atoms with Crippen molar-refractivity contribution in [1.82, 2.24) is 9.88 Å². The molecule has 0 bridgehead atoms. The highest BCUT2D eigenvalue weighted by atomic mass is 35.5. The fourth-order valence-electron chi connectivity index (χ4n) is 3.92. The number of carbonyl (C=O) groups is 1. The molecule has 2 aliphatic rings. The fraction of sp³-hybridized carbons (Fsp3) is 0.478. The van der Waals surface area contributed by atoms with Gasteiger partial charge in [-0.1, -0.05) is 23.7 Å². The minimum atomic E-state index is -1.000. The van der Waals surface area contributed by atoms with Crippen molar-refractivity contribution in [2.24, 2.45) is 0 Å². The molecule has 0 spiro atoms. The summed E-state index contributed by atoms with van der Waals surface area (Å²) in [6.45, 7) is 8.82. The van der Waals surface area contributed by atoms with Crippen LogP contribution in [0.25, 0.3) is 0 Å². The lowest BCUT2D eigenvalue weighted by Gasteiger charge is -2.34. The molecule has 30 heavy (non-hydrogen) atoms. The van der Waals surface area contributed by atoms with Gasteiger partial charge in [0.05, 0.1) is 5.02 Å². The molecule has 1 fully saturated rings. The molecule has 160 valence electrons. The van der Waals surface area contributed by atoms with Gasteiger partial charge < -0.3 is 19.1 Å². The van der Waals surface area contributed by atoms with Crippen LogP contribution in [-0.2, 0) is 10.5 Å². The van der Waals surface area contributed by atoms with Gasteiger partial charge in [0.1, 0.15) is 11.3 Å². The molecule has 2 aromatic rings. The number of piperidine rings is 1. The summed E-state index contributed by atoms with van der Waals surface area (Å²) in [5.74, 6) is 0.747. The van der Waals surface area contributed by atoms with Crippen molar-refractivity contribution in [1.29, 1.82) is 0 Å². The minimum Gasteiger partial charge on any atom is -0.444 e. The van der Waals surface area contributed by atoms with Crippen LogP contribution in [0.15, 0.2) is 36.5 Å². The van der Waals surface area contributed by atoms with E-state index in [1.54, 1.807) is 17.2 Å². The first-order chi connectivity index (χ1) is 14.1. The summed E-state index contributed by atoms with van der Waals surface area (Å²) in [7, 11) is 0. The minimum absolute atomic E-state index is 0.250. The summed E-state index contributed by atoms with van der Waals surface area (Å²) in [6.07, 6.45) is 3.02. The Balaban J connectivity index is 1.48. The van der Waals surface area contributed by atoms with Gasteiger partial charge in [-0.15, -0.1) is 0 Å². The van der Waals surface area contributed by atoms with Crippen LogP contribution in [0.1, 0.15) is 57.7 Å². The van der Waals surface area contributed by atoms with E-state index in [-0.39, 0.29) is 12.0 Å². The lowest BCUT2D eigenvalue weighted by molar-refractivity contribution is -0.0722. The van der Waals surface area contributed by atoms with Crippen molar-refractivity contribution in [2.45, 2.75) is 57.8 Å². The first-order valence-corrected chi connectivity index (χ1v) is 10.6. The number of ether oxygens (including phenoxy) is 3. The van der Waals surface area contributed by atoms with Crippen LogP contribution >= 0.6 is 11.6 Å². The molecule has 2 aliphatic heterocycles. The smallest absolute Gasteiger partial charge is 0.410 e. The Labute approximate surface area is 182 Å². The SMILES string of the molecule is CC(C)(C)OC(=O)N1CCC(c2cccc3c2O[C@@](C)(c2ccc(Cl)cn2)O3)CC1. The second kappa shape index (κ2) is 7.65. The van der Waals surface area contributed by atoms with Gasteiger partial charge in [-0.25, -0.2) is 4.79 Å². The van der Waals surface area contributed by atoms with Crippen molar-refractivity contribution in [3.8, 4) is 11.5 Å². The summed E-state index contributed by atoms with van der Waals surface area (Å²) < 4.78 is 18.0. The number of hydrogen-bond acceptors (Lipinski definition) is 5. The summed E-state index contributed by atoms with van der Waals surface area (Å²) in [4.78, 5) is 18.5. The number of amides is 1. The Morgan fingerprint density at radius 1 is 1.20 bits per heavy atom. The molecule has 1 atom stereocenters. The topological polar surface area (TPSA) is 60.9 Å². The van der Waals surface area contributed by atoms with Gasteiger partial charge >= 0.3 is 6.09 Å². The van der Waals surface area contributed by atoms with Gasteiger partial charge in [0, 0.05) is 31.8 Å². The molecule has 0 saturated carbocycles. The number of aromatic nitrogens is 1. The molecule has 4 rings (SSSR count). The molecule has 6 nitrogen and oxygen atoms in total. The Morgan fingerprint density at radius 2 is 1.93 bits per heavy atom. The van der Waals surface area contributed by atoms with Crippen LogP contribution in [-0.4, -0.2) is 34.7 Å². The predicted molar refractivity (Wildman–Crippen MR) is 114 cm³/mol. The van der Waals surface area contributed by atoms with Crippen molar-refractivity contribution in [3.63, 3.8) is 0 Å². The highest BCUT2D eigenvalue weighted by Gasteiger charge is 2.42. The molecule has 1 saturated heterocycles. The van der Waals surface area contributed by atoms with Crippen molar-refractivity contribution >= 4 is 17.7 Å². The van der Waals surface area contributed by atoms with E-state index in [1.165, 1.54) is 0 Å². The Kier molecular flexibility index (Phi) is 5.30. The maximum Gasteiger partial charge on any atom is 0.410 e. The average molecular weight is 431 g/mol. The van der Waals surface area contributed by atoms with E-state index in [4.69, 9.17) is 25.8 Å². The number of carbonyl (C=O) groups excluding carboxylic acids is 1. The number of halogens is 1. The quantitative estimate of drug-likeness (QED) is 0.630. The van der Waals surface area contributed by atoms with E-state index >= 15 is 0 Å². The molecular weight excluding hydrogens is 404 g/mol. The van der Waals surface area contributed by atoms with E-state index in [9.17, 15) is 4.79 Å². The third kappa shape index (κ3) is 4.19. The lowest BCUT2D eigenvalue weighted by atomic mass is 9.89. The Bertz CT molecular complexity index is 933. The van der Waals surface area contributed by atoms with E-state index in [1.807, 2.05) is 45.9 Å². The summed E-state index contributed by atoms with van der Waals surface area (Å²) in [6, 6.07) is 9.57. The third-order valence-electron chi connectivity index (χ3n) is 5.39. The van der Waals surface area contributed by atoms with Gasteiger partial charge in [0.25, 0.3) is 5.79 Å². The van der Waals surface area contributed by atoms with E-state index in [2.05, 4.69) is 11.1 Å². The number of rotatable bonds is 2. The maximum absolute atomic E-state index is 12.4.